The highest BCUT2D eigenvalue weighted by Crippen LogP contribution is 2.22. The third-order valence-corrected chi connectivity index (χ3v) is 2.90. The standard InChI is InChI=1S/C11H16BrNO/c1-8(7-14)13-9(2)10-5-3-4-6-11(10)12/h3-6,8-9,13-14H,7H2,1-2H3/t8-,9?/m0/s1. The number of halogens is 1. The second-order valence-corrected chi connectivity index (χ2v) is 4.35. The molecule has 2 atom stereocenters. The number of aliphatic hydroxyl groups excluding tert-OH is 1. The molecule has 2 nitrogen and oxygen atoms in total. The van der Waals surface area contributed by atoms with Crippen LogP contribution in [-0.4, -0.2) is 17.8 Å². The summed E-state index contributed by atoms with van der Waals surface area (Å²) in [6.45, 7) is 4.22. The van der Waals surface area contributed by atoms with Gasteiger partial charge in [-0.1, -0.05) is 34.1 Å². The van der Waals surface area contributed by atoms with E-state index in [4.69, 9.17) is 5.11 Å². The number of nitrogens with one attached hydrogen (secondary N) is 1. The first-order chi connectivity index (χ1) is 6.65. The van der Waals surface area contributed by atoms with E-state index in [1.807, 2.05) is 25.1 Å². The minimum atomic E-state index is 0.122. The maximum Gasteiger partial charge on any atom is 0.0582 e. The van der Waals surface area contributed by atoms with E-state index < -0.39 is 0 Å². The van der Waals surface area contributed by atoms with Gasteiger partial charge in [-0.05, 0) is 25.5 Å². The molecule has 3 heteroatoms. The first kappa shape index (κ1) is 11.7. The van der Waals surface area contributed by atoms with Gasteiger partial charge in [0.15, 0.2) is 0 Å². The minimum absolute atomic E-state index is 0.122. The molecule has 0 amide bonds. The molecule has 1 unspecified atom stereocenters. The molecule has 0 spiro atoms. The second-order valence-electron chi connectivity index (χ2n) is 3.49. The van der Waals surface area contributed by atoms with Crippen LogP contribution in [0.1, 0.15) is 25.5 Å². The fraction of sp³-hybridized carbons (Fsp3) is 0.455. The lowest BCUT2D eigenvalue weighted by Gasteiger charge is -2.19. The van der Waals surface area contributed by atoms with Crippen LogP contribution in [-0.2, 0) is 0 Å². The lowest BCUT2D eigenvalue weighted by Crippen LogP contribution is -2.31. The van der Waals surface area contributed by atoms with Gasteiger partial charge in [0, 0.05) is 16.6 Å². The van der Waals surface area contributed by atoms with Crippen LogP contribution in [0.15, 0.2) is 28.7 Å². The molecule has 0 bridgehead atoms. The highest BCUT2D eigenvalue weighted by Gasteiger charge is 2.10. The normalized spacial score (nSPS) is 15.1. The average Bonchev–Trinajstić information content (AvgIpc) is 2.18. The van der Waals surface area contributed by atoms with Crippen molar-refractivity contribution >= 4 is 15.9 Å². The molecule has 0 saturated heterocycles. The predicted octanol–water partition coefficient (Wildman–Crippen LogP) is 2.48. The van der Waals surface area contributed by atoms with Crippen molar-refractivity contribution in [1.82, 2.24) is 5.32 Å². The summed E-state index contributed by atoms with van der Waals surface area (Å²) >= 11 is 3.51. The number of aliphatic hydroxyl groups is 1. The van der Waals surface area contributed by atoms with Gasteiger partial charge in [-0.2, -0.15) is 0 Å². The summed E-state index contributed by atoms with van der Waals surface area (Å²) in [6.07, 6.45) is 0. The van der Waals surface area contributed by atoms with Gasteiger partial charge in [0.2, 0.25) is 0 Å². The zero-order chi connectivity index (χ0) is 10.6. The molecule has 14 heavy (non-hydrogen) atoms. The maximum absolute atomic E-state index is 8.93. The number of hydrogen-bond acceptors (Lipinski definition) is 2. The van der Waals surface area contributed by atoms with Crippen molar-refractivity contribution in [2.75, 3.05) is 6.61 Å². The highest BCUT2D eigenvalue weighted by atomic mass is 79.9. The van der Waals surface area contributed by atoms with Gasteiger partial charge in [-0.15, -0.1) is 0 Å². The van der Waals surface area contributed by atoms with Crippen molar-refractivity contribution in [2.45, 2.75) is 25.9 Å². The molecule has 0 saturated carbocycles. The van der Waals surface area contributed by atoms with E-state index in [9.17, 15) is 0 Å². The van der Waals surface area contributed by atoms with Crippen molar-refractivity contribution in [2.24, 2.45) is 0 Å². The monoisotopic (exact) mass is 257 g/mol. The molecule has 2 N–H and O–H groups in total. The molecule has 1 aromatic rings. The van der Waals surface area contributed by atoms with Crippen LogP contribution >= 0.6 is 15.9 Å². The van der Waals surface area contributed by atoms with Crippen LogP contribution in [0.2, 0.25) is 0 Å². The fourth-order valence-corrected chi connectivity index (χ4v) is 2.02. The Balaban J connectivity index is 2.69. The summed E-state index contributed by atoms with van der Waals surface area (Å²) in [6, 6.07) is 8.48. The van der Waals surface area contributed by atoms with Gasteiger partial charge >= 0.3 is 0 Å². The third-order valence-electron chi connectivity index (χ3n) is 2.18. The summed E-state index contributed by atoms with van der Waals surface area (Å²) in [5, 5.41) is 12.2. The average molecular weight is 258 g/mol. The van der Waals surface area contributed by atoms with Crippen molar-refractivity contribution in [3.05, 3.63) is 34.3 Å². The largest absolute Gasteiger partial charge is 0.395 e. The van der Waals surface area contributed by atoms with Gasteiger partial charge < -0.3 is 10.4 Å². The fourth-order valence-electron chi connectivity index (χ4n) is 1.40. The SMILES string of the molecule is CC(N[C@@H](C)CO)c1ccccc1Br. The van der Waals surface area contributed by atoms with Crippen LogP contribution in [0.5, 0.6) is 0 Å². The Morgan fingerprint density at radius 3 is 2.57 bits per heavy atom. The first-order valence-corrected chi connectivity index (χ1v) is 5.55. The smallest absolute Gasteiger partial charge is 0.0582 e. The summed E-state index contributed by atoms with van der Waals surface area (Å²) in [4.78, 5) is 0. The van der Waals surface area contributed by atoms with Crippen molar-refractivity contribution in [3.8, 4) is 0 Å². The molecular weight excluding hydrogens is 242 g/mol. The van der Waals surface area contributed by atoms with E-state index in [2.05, 4.69) is 34.2 Å². The Hall–Kier alpha value is -0.380. The summed E-state index contributed by atoms with van der Waals surface area (Å²) < 4.78 is 1.10. The second kappa shape index (κ2) is 5.49. The zero-order valence-corrected chi connectivity index (χ0v) is 10.1. The Morgan fingerprint density at radius 2 is 2.00 bits per heavy atom. The Morgan fingerprint density at radius 1 is 1.36 bits per heavy atom. The zero-order valence-electron chi connectivity index (χ0n) is 8.50. The Labute approximate surface area is 93.5 Å². The molecular formula is C11H16BrNO. The molecule has 0 radical (unpaired) electrons. The minimum Gasteiger partial charge on any atom is -0.395 e. The van der Waals surface area contributed by atoms with Gasteiger partial charge in [-0.3, -0.25) is 0 Å². The lowest BCUT2D eigenvalue weighted by molar-refractivity contribution is 0.243. The quantitative estimate of drug-likeness (QED) is 0.869. The molecule has 0 aliphatic carbocycles. The molecule has 0 aliphatic rings. The van der Waals surface area contributed by atoms with E-state index >= 15 is 0 Å². The van der Waals surface area contributed by atoms with Crippen molar-refractivity contribution in [3.63, 3.8) is 0 Å². The first-order valence-electron chi connectivity index (χ1n) is 4.76. The number of rotatable bonds is 4. The Kier molecular flexibility index (Phi) is 4.58. The van der Waals surface area contributed by atoms with Crippen LogP contribution in [0.3, 0.4) is 0 Å². The van der Waals surface area contributed by atoms with E-state index in [0.717, 1.165) is 4.47 Å². The number of hydrogen-bond donors (Lipinski definition) is 2. The molecule has 78 valence electrons. The van der Waals surface area contributed by atoms with E-state index in [0.29, 0.717) is 0 Å². The highest BCUT2D eigenvalue weighted by molar-refractivity contribution is 9.10. The molecule has 0 aliphatic heterocycles. The number of benzene rings is 1. The van der Waals surface area contributed by atoms with Crippen molar-refractivity contribution < 1.29 is 5.11 Å². The molecule has 0 fully saturated rings. The van der Waals surface area contributed by atoms with Gasteiger partial charge in [0.25, 0.3) is 0 Å². The Bertz CT molecular complexity index is 290. The summed E-state index contributed by atoms with van der Waals surface area (Å²) in [5.74, 6) is 0. The van der Waals surface area contributed by atoms with Crippen molar-refractivity contribution in [1.29, 1.82) is 0 Å². The topological polar surface area (TPSA) is 32.3 Å². The summed E-state index contributed by atoms with van der Waals surface area (Å²) in [7, 11) is 0. The van der Waals surface area contributed by atoms with Crippen LogP contribution in [0.25, 0.3) is 0 Å². The predicted molar refractivity (Wildman–Crippen MR) is 62.2 cm³/mol. The van der Waals surface area contributed by atoms with Crippen LogP contribution < -0.4 is 5.32 Å². The van der Waals surface area contributed by atoms with Gasteiger partial charge in [0.1, 0.15) is 0 Å². The lowest BCUT2D eigenvalue weighted by atomic mass is 10.1. The van der Waals surface area contributed by atoms with Gasteiger partial charge in [0.05, 0.1) is 6.61 Å². The van der Waals surface area contributed by atoms with Crippen LogP contribution in [0.4, 0.5) is 0 Å². The molecule has 0 aromatic heterocycles. The van der Waals surface area contributed by atoms with Gasteiger partial charge in [-0.25, -0.2) is 0 Å². The third kappa shape index (κ3) is 3.08. The molecule has 0 heterocycles. The van der Waals surface area contributed by atoms with E-state index in [1.165, 1.54) is 5.56 Å². The molecule has 1 aromatic carbocycles. The summed E-state index contributed by atoms with van der Waals surface area (Å²) in [5.41, 5.74) is 1.22. The maximum atomic E-state index is 8.93. The van der Waals surface area contributed by atoms with Crippen LogP contribution in [0, 0.1) is 0 Å². The van der Waals surface area contributed by atoms with E-state index in [-0.39, 0.29) is 18.7 Å². The van der Waals surface area contributed by atoms with E-state index in [1.54, 1.807) is 0 Å². The molecule has 1 rings (SSSR count).